The molecule has 5 nitrogen and oxygen atoms in total. The summed E-state index contributed by atoms with van der Waals surface area (Å²) in [6.45, 7) is 3.27. The number of carbonyl (C=O) groups is 1. The van der Waals surface area contributed by atoms with Crippen LogP contribution in [0.15, 0.2) is 54.6 Å². The fourth-order valence-electron chi connectivity index (χ4n) is 4.22. The zero-order valence-corrected chi connectivity index (χ0v) is 18.4. The summed E-state index contributed by atoms with van der Waals surface area (Å²) in [5.41, 5.74) is 1.92. The van der Waals surface area contributed by atoms with Gasteiger partial charge in [-0.2, -0.15) is 0 Å². The standard InChI is InChI=1S/C27H30O5/c1-18-10-11-31-25(12-18)16-24(29)7-3-19-4-9-26(30)27(14-19)32-17-20-2-5-22-15-23(28)8-6-21(22)13-20/h2,4-6,8-9,13-15,18,25,28,30H,3,7,10-12,16-17H2,1H3. The number of phenolic OH excluding ortho intramolecular Hbond substituents is 2. The van der Waals surface area contributed by atoms with Crippen molar-refractivity contribution in [2.45, 2.75) is 51.7 Å². The summed E-state index contributed by atoms with van der Waals surface area (Å²) < 4.78 is 11.6. The van der Waals surface area contributed by atoms with Crippen molar-refractivity contribution in [3.05, 3.63) is 65.7 Å². The highest BCUT2D eigenvalue weighted by Gasteiger charge is 2.21. The Bertz CT molecular complexity index is 1090. The lowest BCUT2D eigenvalue weighted by molar-refractivity contribution is -0.123. The van der Waals surface area contributed by atoms with Gasteiger partial charge < -0.3 is 19.7 Å². The van der Waals surface area contributed by atoms with Gasteiger partial charge in [-0.1, -0.05) is 31.2 Å². The van der Waals surface area contributed by atoms with E-state index < -0.39 is 0 Å². The van der Waals surface area contributed by atoms with Crippen LogP contribution in [0.2, 0.25) is 0 Å². The Morgan fingerprint density at radius 3 is 2.66 bits per heavy atom. The van der Waals surface area contributed by atoms with E-state index in [4.69, 9.17) is 9.47 Å². The molecule has 2 unspecified atom stereocenters. The van der Waals surface area contributed by atoms with Crippen molar-refractivity contribution in [3.8, 4) is 17.2 Å². The summed E-state index contributed by atoms with van der Waals surface area (Å²) in [6.07, 6.45) is 3.62. The lowest BCUT2D eigenvalue weighted by atomic mass is 9.94. The Kier molecular flexibility index (Phi) is 6.96. The Hall–Kier alpha value is -3.05. The van der Waals surface area contributed by atoms with Crippen LogP contribution in [0, 0.1) is 5.92 Å². The van der Waals surface area contributed by atoms with Gasteiger partial charge in [0, 0.05) is 19.4 Å². The van der Waals surface area contributed by atoms with E-state index in [1.54, 1.807) is 24.3 Å². The summed E-state index contributed by atoms with van der Waals surface area (Å²) in [4.78, 5) is 12.4. The number of rotatable bonds is 8. The van der Waals surface area contributed by atoms with Crippen LogP contribution in [0.25, 0.3) is 10.8 Å². The number of carbonyl (C=O) groups excluding carboxylic acids is 1. The predicted molar refractivity (Wildman–Crippen MR) is 124 cm³/mol. The Labute approximate surface area is 188 Å². The highest BCUT2D eigenvalue weighted by Crippen LogP contribution is 2.29. The van der Waals surface area contributed by atoms with Crippen LogP contribution in [0.3, 0.4) is 0 Å². The van der Waals surface area contributed by atoms with E-state index in [1.165, 1.54) is 0 Å². The molecule has 4 rings (SSSR count). The van der Waals surface area contributed by atoms with E-state index in [0.29, 0.717) is 37.5 Å². The Morgan fingerprint density at radius 1 is 1.03 bits per heavy atom. The molecule has 1 aliphatic heterocycles. The fourth-order valence-corrected chi connectivity index (χ4v) is 4.22. The summed E-state index contributed by atoms with van der Waals surface area (Å²) in [6, 6.07) is 16.4. The van der Waals surface area contributed by atoms with Crippen LogP contribution in [0.5, 0.6) is 17.2 Å². The van der Waals surface area contributed by atoms with Crippen molar-refractivity contribution >= 4 is 16.6 Å². The van der Waals surface area contributed by atoms with E-state index in [2.05, 4.69) is 6.92 Å². The quantitative estimate of drug-likeness (QED) is 0.487. The third-order valence-electron chi connectivity index (χ3n) is 6.08. The molecule has 2 atom stereocenters. The van der Waals surface area contributed by atoms with Crippen molar-refractivity contribution < 1.29 is 24.5 Å². The van der Waals surface area contributed by atoms with Crippen molar-refractivity contribution in [3.63, 3.8) is 0 Å². The maximum absolute atomic E-state index is 12.4. The van der Waals surface area contributed by atoms with Crippen LogP contribution in [0.4, 0.5) is 0 Å². The Morgan fingerprint density at radius 2 is 1.81 bits per heavy atom. The van der Waals surface area contributed by atoms with Gasteiger partial charge in [0.15, 0.2) is 11.5 Å². The van der Waals surface area contributed by atoms with Crippen molar-refractivity contribution in [1.29, 1.82) is 0 Å². The molecule has 32 heavy (non-hydrogen) atoms. The van der Waals surface area contributed by atoms with Gasteiger partial charge in [-0.15, -0.1) is 0 Å². The zero-order chi connectivity index (χ0) is 22.5. The maximum Gasteiger partial charge on any atom is 0.161 e. The van der Waals surface area contributed by atoms with Crippen LogP contribution in [-0.4, -0.2) is 28.7 Å². The molecule has 0 bridgehead atoms. The average Bonchev–Trinajstić information content (AvgIpc) is 2.77. The number of ether oxygens (including phenoxy) is 2. The van der Waals surface area contributed by atoms with Gasteiger partial charge in [0.05, 0.1) is 6.10 Å². The molecule has 1 heterocycles. The van der Waals surface area contributed by atoms with E-state index in [9.17, 15) is 15.0 Å². The molecule has 1 aliphatic rings. The molecule has 0 saturated carbocycles. The first kappa shape index (κ1) is 22.2. The van der Waals surface area contributed by atoms with Gasteiger partial charge in [0.25, 0.3) is 0 Å². The number of Topliss-reactive ketones (excluding diaryl/α,β-unsaturated/α-hetero) is 1. The smallest absolute Gasteiger partial charge is 0.161 e. The second-order valence-corrected chi connectivity index (χ2v) is 8.82. The molecule has 2 N–H and O–H groups in total. The number of fused-ring (bicyclic) bond motifs is 1. The molecule has 0 radical (unpaired) electrons. The van der Waals surface area contributed by atoms with E-state index >= 15 is 0 Å². The average molecular weight is 435 g/mol. The largest absolute Gasteiger partial charge is 0.508 e. The second kappa shape index (κ2) is 10.0. The van der Waals surface area contributed by atoms with E-state index in [1.807, 2.05) is 30.3 Å². The minimum absolute atomic E-state index is 0.0517. The number of hydrogen-bond donors (Lipinski definition) is 2. The van der Waals surface area contributed by atoms with Crippen LogP contribution >= 0.6 is 0 Å². The number of aromatic hydroxyl groups is 2. The first-order chi connectivity index (χ1) is 15.5. The minimum Gasteiger partial charge on any atom is -0.508 e. The lowest BCUT2D eigenvalue weighted by Crippen LogP contribution is -2.26. The van der Waals surface area contributed by atoms with Crippen LogP contribution in [-0.2, 0) is 22.6 Å². The van der Waals surface area contributed by atoms with Gasteiger partial charge >= 0.3 is 0 Å². The van der Waals surface area contributed by atoms with Gasteiger partial charge in [0.1, 0.15) is 18.1 Å². The topological polar surface area (TPSA) is 76.0 Å². The van der Waals surface area contributed by atoms with Crippen molar-refractivity contribution in [2.75, 3.05) is 6.61 Å². The third-order valence-corrected chi connectivity index (χ3v) is 6.08. The molecule has 5 heteroatoms. The molecule has 3 aromatic rings. The summed E-state index contributed by atoms with van der Waals surface area (Å²) >= 11 is 0. The van der Waals surface area contributed by atoms with Gasteiger partial charge in [-0.3, -0.25) is 4.79 Å². The van der Waals surface area contributed by atoms with Crippen molar-refractivity contribution in [2.24, 2.45) is 5.92 Å². The zero-order valence-electron chi connectivity index (χ0n) is 18.4. The van der Waals surface area contributed by atoms with Crippen molar-refractivity contribution in [1.82, 2.24) is 0 Å². The number of ketones is 1. The summed E-state index contributed by atoms with van der Waals surface area (Å²) in [5, 5.41) is 21.8. The van der Waals surface area contributed by atoms with E-state index in [-0.39, 0.29) is 23.4 Å². The normalized spacial score (nSPS) is 18.5. The van der Waals surface area contributed by atoms with Crippen LogP contribution < -0.4 is 4.74 Å². The molecule has 0 spiro atoms. The Balaban J connectivity index is 1.33. The number of aryl methyl sites for hydroxylation is 1. The second-order valence-electron chi connectivity index (χ2n) is 8.82. The fraction of sp³-hybridized carbons (Fsp3) is 0.370. The maximum atomic E-state index is 12.4. The molecule has 0 amide bonds. The molecular formula is C27H30O5. The monoisotopic (exact) mass is 434 g/mol. The lowest BCUT2D eigenvalue weighted by Gasteiger charge is -2.26. The number of phenols is 2. The molecule has 3 aromatic carbocycles. The predicted octanol–water partition coefficient (Wildman–Crippen LogP) is 5.54. The number of benzene rings is 3. The first-order valence-corrected chi connectivity index (χ1v) is 11.3. The highest BCUT2D eigenvalue weighted by molar-refractivity contribution is 5.84. The molecule has 0 aliphatic carbocycles. The molecule has 168 valence electrons. The summed E-state index contributed by atoms with van der Waals surface area (Å²) in [5.74, 6) is 1.55. The van der Waals surface area contributed by atoms with Crippen LogP contribution in [0.1, 0.15) is 43.7 Å². The molecular weight excluding hydrogens is 404 g/mol. The third kappa shape index (κ3) is 5.80. The minimum atomic E-state index is 0.0517. The first-order valence-electron chi connectivity index (χ1n) is 11.3. The molecule has 1 saturated heterocycles. The van der Waals surface area contributed by atoms with Gasteiger partial charge in [-0.05, 0) is 77.4 Å². The van der Waals surface area contributed by atoms with Gasteiger partial charge in [-0.25, -0.2) is 0 Å². The highest BCUT2D eigenvalue weighted by atomic mass is 16.5. The molecule has 1 fully saturated rings. The van der Waals surface area contributed by atoms with E-state index in [0.717, 1.165) is 41.3 Å². The molecule has 0 aromatic heterocycles. The van der Waals surface area contributed by atoms with Gasteiger partial charge in [0.2, 0.25) is 0 Å². The SMILES string of the molecule is CC1CCOC(CC(=O)CCc2ccc(O)c(OCc3ccc4cc(O)ccc4c3)c2)C1. The number of hydrogen-bond acceptors (Lipinski definition) is 5. The summed E-state index contributed by atoms with van der Waals surface area (Å²) in [7, 11) is 0.